The van der Waals surface area contributed by atoms with Crippen molar-refractivity contribution in [1.82, 2.24) is 15.0 Å². The number of nitrogens with zero attached hydrogens (tertiary/aromatic N) is 1. The molecule has 22 heavy (non-hydrogen) atoms. The lowest BCUT2D eigenvalue weighted by atomic mass is 10.2. The summed E-state index contributed by atoms with van der Waals surface area (Å²) in [6.07, 6.45) is 5.60. The van der Waals surface area contributed by atoms with Gasteiger partial charge in [0.25, 0.3) is 0 Å². The van der Waals surface area contributed by atoms with E-state index in [1.807, 2.05) is 13.0 Å². The Bertz CT molecular complexity index is 716. The molecule has 0 spiro atoms. The van der Waals surface area contributed by atoms with E-state index in [4.69, 9.17) is 0 Å². The molecule has 0 aliphatic carbocycles. The summed E-state index contributed by atoms with van der Waals surface area (Å²) < 4.78 is 27.5. The molecule has 6 heteroatoms. The van der Waals surface area contributed by atoms with E-state index in [2.05, 4.69) is 21.9 Å². The maximum Gasteiger partial charge on any atom is 0.240 e. The van der Waals surface area contributed by atoms with E-state index in [1.54, 1.807) is 30.6 Å². The van der Waals surface area contributed by atoms with Crippen molar-refractivity contribution in [2.75, 3.05) is 13.1 Å². The minimum atomic E-state index is -3.50. The second-order valence-electron chi connectivity index (χ2n) is 5.46. The zero-order chi connectivity index (χ0) is 16.0. The molecule has 2 aromatic rings. The Morgan fingerprint density at radius 1 is 1.23 bits per heavy atom. The van der Waals surface area contributed by atoms with Crippen LogP contribution in [0.3, 0.4) is 0 Å². The van der Waals surface area contributed by atoms with Crippen LogP contribution in [0.15, 0.2) is 41.6 Å². The summed E-state index contributed by atoms with van der Waals surface area (Å²) in [5.74, 6) is 0. The van der Waals surface area contributed by atoms with Crippen LogP contribution >= 0.6 is 0 Å². The third kappa shape index (κ3) is 4.50. The SMILES string of the molecule is CCCCNC[C@H](C)NS(=O)(=O)c1ccc2cnccc2c1. The van der Waals surface area contributed by atoms with E-state index in [0.717, 1.165) is 30.2 Å². The molecule has 0 amide bonds. The van der Waals surface area contributed by atoms with Gasteiger partial charge in [0.05, 0.1) is 4.90 Å². The quantitative estimate of drug-likeness (QED) is 0.732. The molecule has 0 saturated heterocycles. The number of fused-ring (bicyclic) bond motifs is 1. The first-order valence-electron chi connectivity index (χ1n) is 7.60. The van der Waals surface area contributed by atoms with E-state index in [9.17, 15) is 8.42 Å². The van der Waals surface area contributed by atoms with Gasteiger partial charge in [0.2, 0.25) is 10.0 Å². The second kappa shape index (κ2) is 7.67. The molecule has 0 aliphatic heterocycles. The van der Waals surface area contributed by atoms with Crippen LogP contribution in [0.1, 0.15) is 26.7 Å². The van der Waals surface area contributed by atoms with E-state index < -0.39 is 10.0 Å². The molecule has 0 radical (unpaired) electrons. The summed E-state index contributed by atoms with van der Waals surface area (Å²) in [6.45, 7) is 5.52. The topological polar surface area (TPSA) is 71.1 Å². The molecular formula is C16H23N3O2S. The molecule has 0 unspecified atom stereocenters. The van der Waals surface area contributed by atoms with Gasteiger partial charge in [-0.05, 0) is 43.5 Å². The van der Waals surface area contributed by atoms with Crippen LogP contribution < -0.4 is 10.0 Å². The molecule has 0 fully saturated rings. The number of hydrogen-bond donors (Lipinski definition) is 2. The van der Waals surface area contributed by atoms with Crippen LogP contribution in [0.2, 0.25) is 0 Å². The summed E-state index contributed by atoms with van der Waals surface area (Å²) in [7, 11) is -3.50. The number of aromatic nitrogens is 1. The van der Waals surface area contributed by atoms with Gasteiger partial charge in [0.15, 0.2) is 0 Å². The highest BCUT2D eigenvalue weighted by Crippen LogP contribution is 2.18. The van der Waals surface area contributed by atoms with Gasteiger partial charge in [0, 0.05) is 30.4 Å². The highest BCUT2D eigenvalue weighted by atomic mass is 32.2. The molecule has 2 rings (SSSR count). The van der Waals surface area contributed by atoms with Crippen LogP contribution in [0.4, 0.5) is 0 Å². The summed E-state index contributed by atoms with van der Waals surface area (Å²) in [4.78, 5) is 4.31. The van der Waals surface area contributed by atoms with Gasteiger partial charge in [0.1, 0.15) is 0 Å². The lowest BCUT2D eigenvalue weighted by Gasteiger charge is -2.15. The molecule has 2 N–H and O–H groups in total. The third-order valence-corrected chi connectivity index (χ3v) is 5.02. The van der Waals surface area contributed by atoms with Gasteiger partial charge < -0.3 is 5.32 Å². The van der Waals surface area contributed by atoms with Crippen molar-refractivity contribution in [3.05, 3.63) is 36.7 Å². The van der Waals surface area contributed by atoms with E-state index in [-0.39, 0.29) is 10.9 Å². The average molecular weight is 321 g/mol. The number of nitrogens with one attached hydrogen (secondary N) is 2. The van der Waals surface area contributed by atoms with E-state index in [1.165, 1.54) is 0 Å². The Morgan fingerprint density at radius 3 is 2.82 bits per heavy atom. The molecule has 0 bridgehead atoms. The van der Waals surface area contributed by atoms with Gasteiger partial charge in [-0.2, -0.15) is 0 Å². The van der Waals surface area contributed by atoms with E-state index >= 15 is 0 Å². The number of benzene rings is 1. The number of pyridine rings is 1. The molecule has 120 valence electrons. The molecule has 0 saturated carbocycles. The van der Waals surface area contributed by atoms with Crippen LogP contribution in [0.25, 0.3) is 10.8 Å². The third-order valence-electron chi connectivity index (χ3n) is 3.44. The Balaban J connectivity index is 2.05. The zero-order valence-electron chi connectivity index (χ0n) is 13.0. The maximum atomic E-state index is 12.4. The van der Waals surface area contributed by atoms with Crippen molar-refractivity contribution in [2.45, 2.75) is 37.6 Å². The molecule has 1 atom stereocenters. The van der Waals surface area contributed by atoms with Crippen LogP contribution in [-0.2, 0) is 10.0 Å². The molecule has 1 aromatic heterocycles. The molecule has 0 aliphatic rings. The fourth-order valence-electron chi connectivity index (χ4n) is 2.22. The minimum Gasteiger partial charge on any atom is -0.315 e. The lowest BCUT2D eigenvalue weighted by molar-refractivity contribution is 0.531. The van der Waals surface area contributed by atoms with Crippen LogP contribution in [0.5, 0.6) is 0 Å². The average Bonchev–Trinajstić information content (AvgIpc) is 2.50. The predicted molar refractivity (Wildman–Crippen MR) is 89.3 cm³/mol. The molecule has 5 nitrogen and oxygen atoms in total. The Kier molecular flexibility index (Phi) is 5.88. The van der Waals surface area contributed by atoms with Gasteiger partial charge in [-0.3, -0.25) is 4.98 Å². The normalized spacial score (nSPS) is 13.4. The fourth-order valence-corrected chi connectivity index (χ4v) is 3.50. The highest BCUT2D eigenvalue weighted by molar-refractivity contribution is 7.89. The lowest BCUT2D eigenvalue weighted by Crippen LogP contribution is -2.40. The summed E-state index contributed by atoms with van der Waals surface area (Å²) >= 11 is 0. The van der Waals surface area contributed by atoms with Crippen LogP contribution in [-0.4, -0.2) is 32.5 Å². The Hall–Kier alpha value is -1.50. The number of hydrogen-bond acceptors (Lipinski definition) is 4. The molecule has 1 aromatic carbocycles. The maximum absolute atomic E-state index is 12.4. The summed E-state index contributed by atoms with van der Waals surface area (Å²) in [5.41, 5.74) is 0. The number of unbranched alkanes of at least 4 members (excludes halogenated alkanes) is 1. The van der Waals surface area contributed by atoms with Crippen molar-refractivity contribution in [2.24, 2.45) is 0 Å². The van der Waals surface area contributed by atoms with Crippen molar-refractivity contribution in [3.63, 3.8) is 0 Å². The minimum absolute atomic E-state index is 0.157. The Morgan fingerprint density at radius 2 is 2.05 bits per heavy atom. The van der Waals surface area contributed by atoms with Gasteiger partial charge in [-0.1, -0.05) is 19.4 Å². The summed E-state index contributed by atoms with van der Waals surface area (Å²) in [5, 5.41) is 5.05. The molecule has 1 heterocycles. The smallest absolute Gasteiger partial charge is 0.240 e. The summed E-state index contributed by atoms with van der Waals surface area (Å²) in [6, 6.07) is 6.72. The zero-order valence-corrected chi connectivity index (χ0v) is 13.9. The monoisotopic (exact) mass is 321 g/mol. The molecular weight excluding hydrogens is 298 g/mol. The van der Waals surface area contributed by atoms with Crippen LogP contribution in [0, 0.1) is 0 Å². The Labute approximate surface area is 132 Å². The number of sulfonamides is 1. The van der Waals surface area contributed by atoms with Crippen molar-refractivity contribution >= 4 is 20.8 Å². The largest absolute Gasteiger partial charge is 0.315 e. The predicted octanol–water partition coefficient (Wildman–Crippen LogP) is 2.29. The van der Waals surface area contributed by atoms with Crippen molar-refractivity contribution in [1.29, 1.82) is 0 Å². The first kappa shape index (κ1) is 16.9. The second-order valence-corrected chi connectivity index (χ2v) is 7.18. The first-order chi connectivity index (χ1) is 10.5. The van der Waals surface area contributed by atoms with Crippen molar-refractivity contribution in [3.8, 4) is 0 Å². The standard InChI is InChI=1S/C16H23N3O2S/c1-3-4-8-17-11-13(2)19-22(20,21)16-6-5-15-12-18-9-7-14(15)10-16/h5-7,9-10,12-13,17,19H,3-4,8,11H2,1-2H3/t13-/m0/s1. The fraction of sp³-hybridized carbons (Fsp3) is 0.438. The van der Waals surface area contributed by atoms with Gasteiger partial charge in [-0.15, -0.1) is 0 Å². The highest BCUT2D eigenvalue weighted by Gasteiger charge is 2.17. The van der Waals surface area contributed by atoms with Crippen molar-refractivity contribution < 1.29 is 8.42 Å². The first-order valence-corrected chi connectivity index (χ1v) is 9.08. The number of rotatable bonds is 8. The van der Waals surface area contributed by atoms with Gasteiger partial charge in [-0.25, -0.2) is 13.1 Å². The van der Waals surface area contributed by atoms with E-state index in [0.29, 0.717) is 6.54 Å². The van der Waals surface area contributed by atoms with Gasteiger partial charge >= 0.3 is 0 Å².